The van der Waals surface area contributed by atoms with E-state index in [0.29, 0.717) is 12.7 Å². The second kappa shape index (κ2) is 1.03. The van der Waals surface area contributed by atoms with Crippen LogP contribution in [0.5, 0.6) is 0 Å². The minimum Gasteiger partial charge on any atom is -0.303 e. The van der Waals surface area contributed by atoms with E-state index in [1.54, 1.807) is 0 Å². The van der Waals surface area contributed by atoms with Crippen molar-refractivity contribution in [1.82, 2.24) is 0 Å². The van der Waals surface area contributed by atoms with E-state index in [1.807, 2.05) is 0 Å². The SMILES string of the molecule is O=C[C@@H]1C[C@H]1F. The summed E-state index contributed by atoms with van der Waals surface area (Å²) in [6.45, 7) is 0. The normalized spacial score (nSPS) is 42.2. The predicted octanol–water partition coefficient (Wildman–Crippen LogP) is 0.543. The average Bonchev–Trinajstić information content (AvgIpc) is 2.19. The predicted molar refractivity (Wildman–Crippen MR) is 19.1 cm³/mol. The van der Waals surface area contributed by atoms with E-state index in [0.717, 1.165) is 0 Å². The molecular formula is C4H5FO. The van der Waals surface area contributed by atoms with E-state index < -0.39 is 6.17 Å². The molecule has 34 valence electrons. The minimum atomic E-state index is -0.803. The molecule has 0 bridgehead atoms. The van der Waals surface area contributed by atoms with Crippen molar-refractivity contribution in [3.63, 3.8) is 0 Å². The molecule has 1 fully saturated rings. The van der Waals surface area contributed by atoms with Crippen molar-refractivity contribution >= 4 is 6.29 Å². The molecule has 0 spiro atoms. The van der Waals surface area contributed by atoms with Crippen LogP contribution in [0, 0.1) is 5.92 Å². The van der Waals surface area contributed by atoms with Crippen molar-refractivity contribution in [1.29, 1.82) is 0 Å². The van der Waals surface area contributed by atoms with Crippen LogP contribution >= 0.6 is 0 Å². The van der Waals surface area contributed by atoms with Gasteiger partial charge in [0.1, 0.15) is 12.5 Å². The van der Waals surface area contributed by atoms with Crippen LogP contribution in [0.4, 0.5) is 4.39 Å². The highest BCUT2D eigenvalue weighted by atomic mass is 19.1. The number of hydrogen-bond acceptors (Lipinski definition) is 1. The molecule has 0 saturated heterocycles. The Morgan fingerprint density at radius 2 is 2.33 bits per heavy atom. The number of rotatable bonds is 1. The second-order valence-corrected chi connectivity index (χ2v) is 1.55. The number of carbonyl (C=O) groups excluding carboxylic acids is 1. The maximum atomic E-state index is 11.5. The molecule has 1 aliphatic carbocycles. The topological polar surface area (TPSA) is 17.1 Å². The van der Waals surface area contributed by atoms with Gasteiger partial charge in [-0.1, -0.05) is 0 Å². The fourth-order valence-electron chi connectivity index (χ4n) is 0.322. The maximum Gasteiger partial charge on any atom is 0.126 e. The van der Waals surface area contributed by atoms with E-state index in [2.05, 4.69) is 0 Å². The van der Waals surface area contributed by atoms with Crippen molar-refractivity contribution in [3.05, 3.63) is 0 Å². The maximum absolute atomic E-state index is 11.5. The fraction of sp³-hybridized carbons (Fsp3) is 0.750. The Balaban J connectivity index is 2.25. The minimum absolute atomic E-state index is 0.245. The standard InChI is InChI=1S/C4H5FO/c5-4-1-3(4)2-6/h2-4H,1H2/t3-,4+/m0/s1. The molecule has 1 saturated carbocycles. The molecule has 2 heteroatoms. The van der Waals surface area contributed by atoms with E-state index in [-0.39, 0.29) is 5.92 Å². The first kappa shape index (κ1) is 3.78. The third kappa shape index (κ3) is 0.421. The van der Waals surface area contributed by atoms with Crippen LogP contribution in [0.25, 0.3) is 0 Å². The third-order valence-electron chi connectivity index (χ3n) is 0.934. The summed E-state index contributed by atoms with van der Waals surface area (Å²) >= 11 is 0. The first-order valence-corrected chi connectivity index (χ1v) is 1.94. The van der Waals surface area contributed by atoms with Crippen LogP contribution in [0.2, 0.25) is 0 Å². The van der Waals surface area contributed by atoms with Crippen LogP contribution < -0.4 is 0 Å². The molecule has 1 aliphatic rings. The lowest BCUT2D eigenvalue weighted by atomic mass is 10.5. The zero-order valence-electron chi connectivity index (χ0n) is 3.23. The summed E-state index contributed by atoms with van der Waals surface area (Å²) in [5.74, 6) is -0.245. The van der Waals surface area contributed by atoms with Gasteiger partial charge in [-0.2, -0.15) is 0 Å². The Labute approximate surface area is 35.2 Å². The van der Waals surface area contributed by atoms with Crippen LogP contribution in [-0.4, -0.2) is 12.5 Å². The van der Waals surface area contributed by atoms with Crippen molar-refractivity contribution in [2.45, 2.75) is 12.6 Å². The zero-order valence-corrected chi connectivity index (χ0v) is 3.23. The van der Waals surface area contributed by atoms with E-state index in [9.17, 15) is 9.18 Å². The van der Waals surface area contributed by atoms with E-state index in [4.69, 9.17) is 0 Å². The molecular weight excluding hydrogens is 83.0 g/mol. The molecule has 0 amide bonds. The van der Waals surface area contributed by atoms with Crippen molar-refractivity contribution in [2.24, 2.45) is 5.92 Å². The third-order valence-corrected chi connectivity index (χ3v) is 0.934. The summed E-state index contributed by atoms with van der Waals surface area (Å²) in [7, 11) is 0. The van der Waals surface area contributed by atoms with E-state index >= 15 is 0 Å². The zero-order chi connectivity index (χ0) is 4.57. The number of hydrogen-bond donors (Lipinski definition) is 0. The van der Waals surface area contributed by atoms with Gasteiger partial charge in [0.2, 0.25) is 0 Å². The van der Waals surface area contributed by atoms with Gasteiger partial charge in [0.15, 0.2) is 0 Å². The first-order valence-electron chi connectivity index (χ1n) is 1.94. The molecule has 1 rings (SSSR count). The lowest BCUT2D eigenvalue weighted by Gasteiger charge is -1.64. The van der Waals surface area contributed by atoms with Gasteiger partial charge >= 0.3 is 0 Å². The summed E-state index contributed by atoms with van der Waals surface area (Å²) < 4.78 is 11.5. The highest BCUT2D eigenvalue weighted by Crippen LogP contribution is 2.30. The monoisotopic (exact) mass is 88.0 g/mol. The molecule has 0 heterocycles. The van der Waals surface area contributed by atoms with Gasteiger partial charge < -0.3 is 4.79 Å². The number of alkyl halides is 1. The van der Waals surface area contributed by atoms with Crippen LogP contribution in [0.3, 0.4) is 0 Å². The molecule has 0 aromatic rings. The van der Waals surface area contributed by atoms with E-state index in [1.165, 1.54) is 0 Å². The fourth-order valence-corrected chi connectivity index (χ4v) is 0.322. The summed E-state index contributed by atoms with van der Waals surface area (Å²) in [6.07, 6.45) is 0.330. The lowest BCUT2D eigenvalue weighted by Crippen LogP contribution is -1.76. The Morgan fingerprint density at radius 1 is 1.83 bits per heavy atom. The molecule has 0 N–H and O–H groups in total. The molecule has 0 unspecified atom stereocenters. The first-order chi connectivity index (χ1) is 2.84. The Bertz CT molecular complexity index is 71.9. The molecule has 0 aliphatic heterocycles. The lowest BCUT2D eigenvalue weighted by molar-refractivity contribution is -0.109. The average molecular weight is 88.1 g/mol. The molecule has 0 radical (unpaired) electrons. The van der Waals surface area contributed by atoms with Gasteiger partial charge in [-0.25, -0.2) is 4.39 Å². The summed E-state index contributed by atoms with van der Waals surface area (Å²) in [6, 6.07) is 0. The second-order valence-electron chi connectivity index (χ2n) is 1.55. The van der Waals surface area contributed by atoms with Gasteiger partial charge in [0.05, 0.1) is 0 Å². The van der Waals surface area contributed by atoms with Gasteiger partial charge in [-0.3, -0.25) is 0 Å². The molecule has 2 atom stereocenters. The summed E-state index contributed by atoms with van der Waals surface area (Å²) in [4.78, 5) is 9.54. The summed E-state index contributed by atoms with van der Waals surface area (Å²) in [5.41, 5.74) is 0. The van der Waals surface area contributed by atoms with Gasteiger partial charge in [0, 0.05) is 5.92 Å². The van der Waals surface area contributed by atoms with Crippen LogP contribution in [-0.2, 0) is 4.79 Å². The largest absolute Gasteiger partial charge is 0.303 e. The van der Waals surface area contributed by atoms with Crippen molar-refractivity contribution < 1.29 is 9.18 Å². The Hall–Kier alpha value is -0.400. The Morgan fingerprint density at radius 3 is 2.33 bits per heavy atom. The summed E-state index contributed by atoms with van der Waals surface area (Å²) in [5, 5.41) is 0. The number of aldehydes is 1. The molecule has 0 aromatic heterocycles. The molecule has 0 aromatic carbocycles. The highest BCUT2D eigenvalue weighted by molar-refractivity contribution is 5.58. The van der Waals surface area contributed by atoms with Gasteiger partial charge in [-0.05, 0) is 6.42 Å². The Kier molecular flexibility index (Phi) is 0.650. The van der Waals surface area contributed by atoms with Crippen molar-refractivity contribution in [3.8, 4) is 0 Å². The number of halogens is 1. The van der Waals surface area contributed by atoms with Crippen molar-refractivity contribution in [2.75, 3.05) is 0 Å². The smallest absolute Gasteiger partial charge is 0.126 e. The van der Waals surface area contributed by atoms with Crippen LogP contribution in [0.15, 0.2) is 0 Å². The quantitative estimate of drug-likeness (QED) is 0.427. The van der Waals surface area contributed by atoms with Gasteiger partial charge in [-0.15, -0.1) is 0 Å². The van der Waals surface area contributed by atoms with Crippen LogP contribution in [0.1, 0.15) is 6.42 Å². The van der Waals surface area contributed by atoms with Gasteiger partial charge in [0.25, 0.3) is 0 Å². The highest BCUT2D eigenvalue weighted by Gasteiger charge is 2.36. The number of carbonyl (C=O) groups is 1. The molecule has 6 heavy (non-hydrogen) atoms. The molecule has 1 nitrogen and oxygen atoms in total.